The Morgan fingerprint density at radius 2 is 1.14 bits per heavy atom. The van der Waals surface area contributed by atoms with Crippen molar-refractivity contribution in [3.8, 4) is 17.4 Å². The van der Waals surface area contributed by atoms with Gasteiger partial charge in [0.2, 0.25) is 5.69 Å². The molecule has 5 nitrogen and oxygen atoms in total. The summed E-state index contributed by atoms with van der Waals surface area (Å²) in [5.74, 6) is 0. The number of para-hydroxylation sites is 4. The summed E-state index contributed by atoms with van der Waals surface area (Å²) in [5.41, 5.74) is 7.65. The topological polar surface area (TPSA) is 51.1 Å². The van der Waals surface area contributed by atoms with Gasteiger partial charge in [-0.15, -0.1) is 0 Å². The number of hydrogen-bond acceptors (Lipinski definition) is 2. The van der Waals surface area contributed by atoms with Crippen molar-refractivity contribution < 1.29 is 4.42 Å². The Morgan fingerprint density at radius 3 is 1.79 bits per heavy atom. The number of benzene rings is 6. The van der Waals surface area contributed by atoms with Crippen LogP contribution in [0.4, 0.5) is 5.69 Å². The molecule has 0 spiro atoms. The highest BCUT2D eigenvalue weighted by molar-refractivity contribution is 6.21. The molecule has 0 saturated heterocycles. The summed E-state index contributed by atoms with van der Waals surface area (Å²) < 4.78 is 10.7. The van der Waals surface area contributed by atoms with Crippen molar-refractivity contribution in [3.05, 3.63) is 138 Å². The van der Waals surface area contributed by atoms with Gasteiger partial charge in [0.1, 0.15) is 11.7 Å². The third-order valence-electron chi connectivity index (χ3n) is 8.58. The van der Waals surface area contributed by atoms with Crippen molar-refractivity contribution in [2.75, 3.05) is 0 Å². The Labute approximate surface area is 245 Å². The fraction of sp³-hybridized carbons (Fsp3) is 0. The summed E-state index contributed by atoms with van der Waals surface area (Å²) in [6.45, 7) is 8.33. The molecule has 0 N–H and O–H groups in total. The van der Waals surface area contributed by atoms with Crippen LogP contribution >= 0.6 is 0 Å². The third kappa shape index (κ3) is 3.08. The number of furan rings is 1. The van der Waals surface area contributed by atoms with Crippen LogP contribution in [0.2, 0.25) is 0 Å². The maximum absolute atomic E-state index is 10.6. The molecule has 3 aromatic heterocycles. The average molecular weight is 549 g/mol. The molecule has 9 aromatic rings. The Bertz CT molecular complexity index is 2650. The van der Waals surface area contributed by atoms with Crippen LogP contribution in [-0.2, 0) is 0 Å². The quantitative estimate of drug-likeness (QED) is 0.202. The van der Waals surface area contributed by atoms with Gasteiger partial charge in [-0.05, 0) is 42.5 Å². The van der Waals surface area contributed by atoms with Gasteiger partial charge >= 0.3 is 0 Å². The van der Waals surface area contributed by atoms with Crippen LogP contribution < -0.4 is 0 Å². The van der Waals surface area contributed by atoms with Gasteiger partial charge in [-0.1, -0.05) is 78.9 Å². The first kappa shape index (κ1) is 23.4. The van der Waals surface area contributed by atoms with E-state index in [1.54, 1.807) is 0 Å². The number of rotatable bonds is 2. The Balaban J connectivity index is 1.43. The molecule has 0 atom stereocenters. The van der Waals surface area contributed by atoms with Crippen LogP contribution in [0.1, 0.15) is 5.56 Å². The summed E-state index contributed by atoms with van der Waals surface area (Å²) >= 11 is 0. The Kier molecular flexibility index (Phi) is 4.68. The minimum absolute atomic E-state index is 0.451. The zero-order valence-corrected chi connectivity index (χ0v) is 22.7. The van der Waals surface area contributed by atoms with Gasteiger partial charge in [-0.25, -0.2) is 4.85 Å². The van der Waals surface area contributed by atoms with E-state index in [-0.39, 0.29) is 0 Å². The predicted octanol–water partition coefficient (Wildman–Crippen LogP) is 10.2. The second kappa shape index (κ2) is 8.60. The molecule has 0 aliphatic carbocycles. The number of hydrogen-bond donors (Lipinski definition) is 0. The Hall–Kier alpha value is -6.30. The summed E-state index contributed by atoms with van der Waals surface area (Å²) in [6.07, 6.45) is 0. The van der Waals surface area contributed by atoms with E-state index in [0.717, 1.165) is 65.6 Å². The van der Waals surface area contributed by atoms with Crippen LogP contribution in [0.15, 0.2) is 126 Å². The average Bonchev–Trinajstić information content (AvgIpc) is 3.72. The highest BCUT2D eigenvalue weighted by atomic mass is 16.3. The molecule has 6 aromatic carbocycles. The number of aromatic nitrogens is 2. The van der Waals surface area contributed by atoms with E-state index in [1.807, 2.05) is 66.7 Å². The molecule has 0 fully saturated rings. The molecular weight excluding hydrogens is 528 g/mol. The van der Waals surface area contributed by atoms with Crippen LogP contribution in [0.25, 0.3) is 81.8 Å². The molecule has 0 bridgehead atoms. The number of nitriles is 1. The number of fused-ring (bicyclic) bond motifs is 10. The lowest BCUT2D eigenvalue weighted by molar-refractivity contribution is 0.671. The SMILES string of the molecule is [C-]#[N+]c1cc(-n2c3ccccc3c3ccccc32)c(C#N)cc1-n1c2ccccc2c2ccc3c4ccccc4oc3c21. The van der Waals surface area contributed by atoms with E-state index in [1.165, 1.54) is 0 Å². The minimum Gasteiger partial charge on any atom is -0.454 e. The zero-order chi connectivity index (χ0) is 28.7. The van der Waals surface area contributed by atoms with Crippen molar-refractivity contribution in [2.24, 2.45) is 0 Å². The van der Waals surface area contributed by atoms with E-state index < -0.39 is 0 Å². The van der Waals surface area contributed by atoms with E-state index in [9.17, 15) is 5.26 Å². The molecule has 5 heteroatoms. The van der Waals surface area contributed by atoms with Gasteiger partial charge in [0.25, 0.3) is 0 Å². The van der Waals surface area contributed by atoms with Crippen LogP contribution in [0.5, 0.6) is 0 Å². The molecule has 9 rings (SSSR count). The molecule has 0 saturated carbocycles. The largest absolute Gasteiger partial charge is 0.454 e. The number of nitrogens with zero attached hydrogens (tertiary/aromatic N) is 4. The summed E-state index contributed by atoms with van der Waals surface area (Å²) in [7, 11) is 0. The standard InChI is InChI=1S/C38H20N4O/c1-40-30-21-34(41-31-14-6-2-10-24(31)25-11-3-7-15-32(25)41)23(22-39)20-35(30)42-33-16-8-4-12-26(33)28-18-19-29-27-13-5-9-17-36(27)43-38(29)37(28)42/h2-21H. The lowest BCUT2D eigenvalue weighted by atomic mass is 10.1. The first-order valence-electron chi connectivity index (χ1n) is 14.0. The molecule has 0 unspecified atom stereocenters. The molecule has 0 radical (unpaired) electrons. The van der Waals surface area contributed by atoms with E-state index in [0.29, 0.717) is 22.6 Å². The first-order chi connectivity index (χ1) is 21.3. The normalized spacial score (nSPS) is 11.7. The monoisotopic (exact) mass is 548 g/mol. The van der Waals surface area contributed by atoms with Crippen molar-refractivity contribution in [3.63, 3.8) is 0 Å². The zero-order valence-electron chi connectivity index (χ0n) is 22.7. The van der Waals surface area contributed by atoms with Gasteiger partial charge in [0.05, 0.1) is 45.6 Å². The molecule has 0 amide bonds. The van der Waals surface area contributed by atoms with Crippen molar-refractivity contribution in [2.45, 2.75) is 0 Å². The van der Waals surface area contributed by atoms with Gasteiger partial charge in [-0.2, -0.15) is 5.26 Å². The van der Waals surface area contributed by atoms with Gasteiger partial charge in [0.15, 0.2) is 5.58 Å². The van der Waals surface area contributed by atoms with Gasteiger partial charge in [0, 0.05) is 32.3 Å². The molecule has 3 heterocycles. The smallest absolute Gasteiger partial charge is 0.212 e. The predicted molar refractivity (Wildman–Crippen MR) is 173 cm³/mol. The summed E-state index contributed by atoms with van der Waals surface area (Å²) in [6, 6.07) is 43.0. The molecule has 198 valence electrons. The van der Waals surface area contributed by atoms with Crippen LogP contribution in [0, 0.1) is 17.9 Å². The molecule has 43 heavy (non-hydrogen) atoms. The van der Waals surface area contributed by atoms with E-state index in [4.69, 9.17) is 11.0 Å². The van der Waals surface area contributed by atoms with Crippen molar-refractivity contribution in [1.82, 2.24) is 9.13 Å². The minimum atomic E-state index is 0.451. The van der Waals surface area contributed by atoms with E-state index >= 15 is 0 Å². The first-order valence-corrected chi connectivity index (χ1v) is 14.0. The highest BCUT2D eigenvalue weighted by Crippen LogP contribution is 2.43. The molecule has 0 aliphatic rings. The van der Waals surface area contributed by atoms with Gasteiger partial charge in [-0.3, -0.25) is 0 Å². The lowest BCUT2D eigenvalue weighted by Crippen LogP contribution is -2.01. The van der Waals surface area contributed by atoms with Gasteiger partial charge < -0.3 is 13.6 Å². The van der Waals surface area contributed by atoms with Crippen LogP contribution in [-0.4, -0.2) is 9.13 Å². The fourth-order valence-corrected chi connectivity index (χ4v) is 6.77. The maximum Gasteiger partial charge on any atom is 0.212 e. The second-order valence-corrected chi connectivity index (χ2v) is 10.7. The maximum atomic E-state index is 10.6. The Morgan fingerprint density at radius 1 is 0.581 bits per heavy atom. The summed E-state index contributed by atoms with van der Waals surface area (Å²) in [4.78, 5) is 4.04. The molecule has 0 aliphatic heterocycles. The third-order valence-corrected chi connectivity index (χ3v) is 8.58. The lowest BCUT2D eigenvalue weighted by Gasteiger charge is -2.15. The van der Waals surface area contributed by atoms with Crippen LogP contribution in [0.3, 0.4) is 0 Å². The molecular formula is C38H20N4O. The second-order valence-electron chi connectivity index (χ2n) is 10.7. The van der Waals surface area contributed by atoms with Crippen molar-refractivity contribution >= 4 is 71.2 Å². The fourth-order valence-electron chi connectivity index (χ4n) is 6.77. The highest BCUT2D eigenvalue weighted by Gasteiger charge is 2.23. The van der Waals surface area contributed by atoms with E-state index in [2.05, 4.69) is 74.6 Å². The van der Waals surface area contributed by atoms with Crippen molar-refractivity contribution in [1.29, 1.82) is 5.26 Å². The summed E-state index contributed by atoms with van der Waals surface area (Å²) in [5, 5.41) is 16.9.